The maximum absolute atomic E-state index is 11.0. The Morgan fingerprint density at radius 2 is 1.93 bits per heavy atom. The van der Waals surface area contributed by atoms with Gasteiger partial charge in [-0.2, -0.15) is 0 Å². The lowest BCUT2D eigenvalue weighted by atomic mass is 10.1. The van der Waals surface area contributed by atoms with Crippen LogP contribution < -0.4 is 30.0 Å². The van der Waals surface area contributed by atoms with Gasteiger partial charge in [0, 0.05) is 6.54 Å². The number of hydrogen-bond acceptors (Lipinski definition) is 6. The number of primary amides is 1. The molecular formula is C20H24N2O5. The Kier molecular flexibility index (Phi) is 6.38. The van der Waals surface area contributed by atoms with Crippen molar-refractivity contribution in [1.82, 2.24) is 5.32 Å². The zero-order chi connectivity index (χ0) is 19.1. The quantitative estimate of drug-likeness (QED) is 0.620. The average Bonchev–Trinajstić information content (AvgIpc) is 3.12. The molecule has 27 heavy (non-hydrogen) atoms. The molecule has 1 amide bonds. The van der Waals surface area contributed by atoms with Crippen LogP contribution in [-0.4, -0.2) is 33.0 Å². The van der Waals surface area contributed by atoms with Gasteiger partial charge in [0.15, 0.2) is 23.0 Å². The minimum Gasteiger partial charge on any atom is -0.493 e. The molecule has 3 N–H and O–H groups in total. The number of nitrogens with one attached hydrogen (secondary N) is 1. The highest BCUT2D eigenvalue weighted by Gasteiger charge is 2.12. The van der Waals surface area contributed by atoms with Crippen LogP contribution in [0.1, 0.15) is 17.5 Å². The highest BCUT2D eigenvalue weighted by atomic mass is 16.7. The summed E-state index contributed by atoms with van der Waals surface area (Å²) in [6, 6.07) is 11.3. The maximum atomic E-state index is 11.0. The summed E-state index contributed by atoms with van der Waals surface area (Å²) in [5.41, 5.74) is 7.17. The summed E-state index contributed by atoms with van der Waals surface area (Å²) in [5, 5.41) is 3.38. The number of nitrogens with two attached hydrogens (primary N) is 1. The van der Waals surface area contributed by atoms with Crippen molar-refractivity contribution in [3.63, 3.8) is 0 Å². The van der Waals surface area contributed by atoms with Gasteiger partial charge in [-0.15, -0.1) is 0 Å². The molecule has 1 aliphatic heterocycles. The molecule has 3 rings (SSSR count). The third-order valence-corrected chi connectivity index (χ3v) is 4.13. The molecule has 0 bridgehead atoms. The fourth-order valence-corrected chi connectivity index (χ4v) is 2.81. The molecule has 0 spiro atoms. The Labute approximate surface area is 158 Å². The van der Waals surface area contributed by atoms with E-state index < -0.39 is 0 Å². The van der Waals surface area contributed by atoms with Gasteiger partial charge in [0.25, 0.3) is 0 Å². The number of carbonyl (C=O) groups excluding carboxylic acids is 1. The van der Waals surface area contributed by atoms with Crippen LogP contribution in [0.25, 0.3) is 0 Å². The van der Waals surface area contributed by atoms with Crippen LogP contribution in [0.2, 0.25) is 0 Å². The Bertz CT molecular complexity index is 794. The third kappa shape index (κ3) is 5.27. The largest absolute Gasteiger partial charge is 0.493 e. The second kappa shape index (κ2) is 9.14. The smallest absolute Gasteiger partial charge is 0.231 e. The van der Waals surface area contributed by atoms with Gasteiger partial charge in [-0.25, -0.2) is 0 Å². The zero-order valence-corrected chi connectivity index (χ0v) is 15.3. The molecule has 0 radical (unpaired) electrons. The van der Waals surface area contributed by atoms with Crippen LogP contribution in [0.5, 0.6) is 23.0 Å². The van der Waals surface area contributed by atoms with E-state index in [0.29, 0.717) is 18.1 Å². The van der Waals surface area contributed by atoms with Gasteiger partial charge in [0.05, 0.1) is 20.1 Å². The molecule has 144 valence electrons. The number of hydrogen-bond donors (Lipinski definition) is 2. The van der Waals surface area contributed by atoms with Crippen LogP contribution in [0.4, 0.5) is 0 Å². The van der Waals surface area contributed by atoms with Gasteiger partial charge >= 0.3 is 0 Å². The summed E-state index contributed by atoms with van der Waals surface area (Å²) in [7, 11) is 1.57. The van der Waals surface area contributed by atoms with Crippen molar-refractivity contribution in [2.45, 2.75) is 19.4 Å². The van der Waals surface area contributed by atoms with Crippen molar-refractivity contribution in [1.29, 1.82) is 0 Å². The van der Waals surface area contributed by atoms with Crippen LogP contribution in [0.15, 0.2) is 36.4 Å². The number of ether oxygens (including phenoxy) is 4. The molecule has 1 aliphatic rings. The van der Waals surface area contributed by atoms with Crippen LogP contribution in [0.3, 0.4) is 0 Å². The van der Waals surface area contributed by atoms with E-state index in [9.17, 15) is 4.79 Å². The van der Waals surface area contributed by atoms with E-state index in [1.54, 1.807) is 19.2 Å². The topological polar surface area (TPSA) is 92.0 Å². The van der Waals surface area contributed by atoms with Crippen LogP contribution in [0, 0.1) is 0 Å². The first kappa shape index (κ1) is 18.8. The fraction of sp³-hybridized carbons (Fsp3) is 0.350. The first-order chi connectivity index (χ1) is 13.2. The molecule has 7 heteroatoms. The Balaban J connectivity index is 1.39. The average molecular weight is 372 g/mol. The summed E-state index contributed by atoms with van der Waals surface area (Å²) in [5.74, 6) is 2.47. The lowest BCUT2D eigenvalue weighted by Crippen LogP contribution is -2.17. The number of benzene rings is 2. The number of methoxy groups -OCH3 is 1. The highest BCUT2D eigenvalue weighted by Crippen LogP contribution is 2.32. The third-order valence-electron chi connectivity index (χ3n) is 4.13. The summed E-state index contributed by atoms with van der Waals surface area (Å²) in [6.07, 6.45) is 1.02. The summed E-state index contributed by atoms with van der Waals surface area (Å²) in [6.45, 7) is 2.41. The van der Waals surface area contributed by atoms with E-state index in [-0.39, 0.29) is 19.1 Å². The van der Waals surface area contributed by atoms with Crippen molar-refractivity contribution in [2.75, 3.05) is 27.1 Å². The van der Waals surface area contributed by atoms with Crippen molar-refractivity contribution in [3.8, 4) is 23.0 Å². The second-order valence-corrected chi connectivity index (χ2v) is 6.19. The molecule has 0 atom stereocenters. The molecule has 0 saturated heterocycles. The lowest BCUT2D eigenvalue weighted by Gasteiger charge is -2.12. The molecule has 0 aliphatic carbocycles. The van der Waals surface area contributed by atoms with Gasteiger partial charge in [-0.05, 0) is 48.4 Å². The predicted octanol–water partition coefficient (Wildman–Crippen LogP) is 2.01. The van der Waals surface area contributed by atoms with Crippen molar-refractivity contribution < 1.29 is 23.7 Å². The minimum atomic E-state index is -0.376. The van der Waals surface area contributed by atoms with E-state index in [4.69, 9.17) is 24.7 Å². The minimum absolute atomic E-state index is 0.181. The van der Waals surface area contributed by atoms with E-state index in [1.165, 1.54) is 0 Å². The Morgan fingerprint density at radius 3 is 2.74 bits per heavy atom. The maximum Gasteiger partial charge on any atom is 0.231 e. The fourth-order valence-electron chi connectivity index (χ4n) is 2.81. The first-order valence-corrected chi connectivity index (χ1v) is 8.83. The van der Waals surface area contributed by atoms with Crippen molar-refractivity contribution in [2.24, 2.45) is 5.73 Å². The van der Waals surface area contributed by atoms with E-state index in [1.807, 2.05) is 24.3 Å². The summed E-state index contributed by atoms with van der Waals surface area (Å²) in [4.78, 5) is 11.0. The van der Waals surface area contributed by atoms with Gasteiger partial charge in [0.1, 0.15) is 0 Å². The first-order valence-electron chi connectivity index (χ1n) is 8.83. The van der Waals surface area contributed by atoms with Crippen LogP contribution in [-0.2, 0) is 17.8 Å². The van der Waals surface area contributed by atoms with E-state index in [0.717, 1.165) is 42.1 Å². The standard InChI is InChI=1S/C20H24N2O5/c1-24-18-9-14(11-20(21)23)3-5-16(18)25-8-2-7-22-12-15-4-6-17-19(10-15)27-13-26-17/h3-6,9-10,22H,2,7-8,11-13H2,1H3,(H2,21,23). The van der Waals surface area contributed by atoms with Gasteiger partial charge in [0.2, 0.25) is 12.7 Å². The van der Waals surface area contributed by atoms with Gasteiger partial charge in [-0.1, -0.05) is 12.1 Å². The Hall–Kier alpha value is -2.93. The van der Waals surface area contributed by atoms with E-state index in [2.05, 4.69) is 5.32 Å². The number of amides is 1. The van der Waals surface area contributed by atoms with Crippen molar-refractivity contribution in [3.05, 3.63) is 47.5 Å². The van der Waals surface area contributed by atoms with Gasteiger partial charge in [-0.3, -0.25) is 4.79 Å². The Morgan fingerprint density at radius 1 is 1.11 bits per heavy atom. The molecule has 2 aromatic carbocycles. The monoisotopic (exact) mass is 372 g/mol. The lowest BCUT2D eigenvalue weighted by molar-refractivity contribution is -0.117. The highest BCUT2D eigenvalue weighted by molar-refractivity contribution is 5.76. The molecule has 0 fully saturated rings. The zero-order valence-electron chi connectivity index (χ0n) is 15.3. The molecule has 7 nitrogen and oxygen atoms in total. The number of rotatable bonds is 10. The number of carbonyl (C=O) groups is 1. The second-order valence-electron chi connectivity index (χ2n) is 6.19. The predicted molar refractivity (Wildman–Crippen MR) is 100 cm³/mol. The molecule has 1 heterocycles. The molecule has 2 aromatic rings. The molecule has 0 unspecified atom stereocenters. The van der Waals surface area contributed by atoms with Crippen molar-refractivity contribution >= 4 is 5.91 Å². The molecular weight excluding hydrogens is 348 g/mol. The normalized spacial score (nSPS) is 12.0. The summed E-state index contributed by atoms with van der Waals surface area (Å²) < 4.78 is 21.8. The summed E-state index contributed by atoms with van der Waals surface area (Å²) >= 11 is 0. The molecule has 0 aromatic heterocycles. The molecule has 0 saturated carbocycles. The number of fused-ring (bicyclic) bond motifs is 1. The SMILES string of the molecule is COc1cc(CC(N)=O)ccc1OCCCNCc1ccc2c(c1)OCO2. The van der Waals surface area contributed by atoms with E-state index >= 15 is 0 Å². The van der Waals surface area contributed by atoms with Crippen LogP contribution >= 0.6 is 0 Å². The van der Waals surface area contributed by atoms with Gasteiger partial charge < -0.3 is 30.0 Å².